The fourth-order valence-electron chi connectivity index (χ4n) is 3.49. The van der Waals surface area contributed by atoms with E-state index in [-0.39, 0.29) is 15.9 Å². The van der Waals surface area contributed by atoms with Crippen LogP contribution >= 0.6 is 0 Å². The summed E-state index contributed by atoms with van der Waals surface area (Å²) >= 11 is 0. The maximum absolute atomic E-state index is 12.9. The summed E-state index contributed by atoms with van der Waals surface area (Å²) < 4.78 is 56.0. The molecule has 0 spiro atoms. The monoisotopic (exact) mass is 447 g/mol. The molecule has 0 unspecified atom stereocenters. The number of para-hydroxylation sites is 1. The van der Waals surface area contributed by atoms with Crippen LogP contribution in [0.4, 0.5) is 0 Å². The van der Waals surface area contributed by atoms with Gasteiger partial charge in [0.25, 0.3) is 0 Å². The highest BCUT2D eigenvalue weighted by Crippen LogP contribution is 2.28. The Balaban J connectivity index is 1.45. The van der Waals surface area contributed by atoms with Gasteiger partial charge in [0.05, 0.1) is 9.79 Å². The van der Waals surface area contributed by atoms with Gasteiger partial charge in [-0.1, -0.05) is 18.2 Å². The lowest BCUT2D eigenvalue weighted by Gasteiger charge is -2.31. The number of piperidine rings is 1. The molecule has 1 aromatic heterocycles. The smallest absolute Gasteiger partial charge is 0.243 e. The first-order valence-corrected chi connectivity index (χ1v) is 12.4. The van der Waals surface area contributed by atoms with E-state index in [0.717, 1.165) is 10.9 Å². The topological polar surface area (TPSA) is 120 Å². The van der Waals surface area contributed by atoms with E-state index in [1.54, 1.807) is 6.20 Å². The van der Waals surface area contributed by atoms with Crippen molar-refractivity contribution in [2.75, 3.05) is 13.1 Å². The minimum Gasteiger partial charge on any atom is -0.488 e. The molecule has 4 rings (SSSR count). The molecule has 0 atom stereocenters. The van der Waals surface area contributed by atoms with Gasteiger partial charge >= 0.3 is 0 Å². The van der Waals surface area contributed by atoms with Gasteiger partial charge in [0, 0.05) is 24.7 Å². The lowest BCUT2D eigenvalue weighted by atomic mass is 10.1. The number of nitrogens with two attached hydrogens (primary N) is 1. The second-order valence-electron chi connectivity index (χ2n) is 7.07. The van der Waals surface area contributed by atoms with Crippen molar-refractivity contribution in [2.45, 2.75) is 28.7 Å². The molecule has 1 fully saturated rings. The summed E-state index contributed by atoms with van der Waals surface area (Å²) in [5, 5.41) is 6.05. The average molecular weight is 448 g/mol. The predicted molar refractivity (Wildman–Crippen MR) is 112 cm³/mol. The number of aromatic nitrogens is 1. The zero-order chi connectivity index (χ0) is 21.4. The van der Waals surface area contributed by atoms with Crippen LogP contribution < -0.4 is 9.88 Å². The van der Waals surface area contributed by atoms with Crippen LogP contribution in [0.25, 0.3) is 10.9 Å². The second-order valence-corrected chi connectivity index (χ2v) is 10.6. The summed E-state index contributed by atoms with van der Waals surface area (Å²) in [6.45, 7) is 0.615. The molecule has 1 aliphatic heterocycles. The molecule has 2 N–H and O–H groups in total. The molecular formula is C20H21N3O5S2. The number of primary sulfonamides is 1. The van der Waals surface area contributed by atoms with Crippen LogP contribution in [-0.4, -0.2) is 45.3 Å². The number of fused-ring (bicyclic) bond motifs is 1. The van der Waals surface area contributed by atoms with Crippen molar-refractivity contribution < 1.29 is 21.6 Å². The Hall–Kier alpha value is -2.53. The molecule has 10 heteroatoms. The molecule has 8 nitrogen and oxygen atoms in total. The summed E-state index contributed by atoms with van der Waals surface area (Å²) in [4.78, 5) is 4.29. The Labute approximate surface area is 175 Å². The van der Waals surface area contributed by atoms with Crippen molar-refractivity contribution >= 4 is 30.9 Å². The first-order valence-electron chi connectivity index (χ1n) is 9.38. The van der Waals surface area contributed by atoms with Crippen molar-refractivity contribution in [3.05, 3.63) is 60.8 Å². The molecule has 0 amide bonds. The van der Waals surface area contributed by atoms with E-state index < -0.39 is 20.0 Å². The zero-order valence-corrected chi connectivity index (χ0v) is 17.6. The number of sulfonamides is 2. The highest BCUT2D eigenvalue weighted by Gasteiger charge is 2.30. The first-order chi connectivity index (χ1) is 14.2. The minimum absolute atomic E-state index is 0.0347. The van der Waals surface area contributed by atoms with Crippen LogP contribution in [0.2, 0.25) is 0 Å². The van der Waals surface area contributed by atoms with E-state index in [2.05, 4.69) is 4.98 Å². The van der Waals surface area contributed by atoms with Gasteiger partial charge in [0.15, 0.2) is 0 Å². The fraction of sp³-hybridized carbons (Fsp3) is 0.250. The van der Waals surface area contributed by atoms with Gasteiger partial charge < -0.3 is 4.74 Å². The minimum atomic E-state index is -3.87. The second kappa shape index (κ2) is 7.95. The summed E-state index contributed by atoms with van der Waals surface area (Å²) in [7, 11) is -7.60. The quantitative estimate of drug-likeness (QED) is 0.640. The maximum atomic E-state index is 12.9. The molecule has 3 aromatic rings. The molecule has 2 heterocycles. The molecule has 1 saturated heterocycles. The Morgan fingerprint density at radius 3 is 2.20 bits per heavy atom. The van der Waals surface area contributed by atoms with Crippen LogP contribution in [-0.2, 0) is 20.0 Å². The number of rotatable bonds is 5. The number of ether oxygens (including phenoxy) is 1. The summed E-state index contributed by atoms with van der Waals surface area (Å²) in [6.07, 6.45) is 2.68. The predicted octanol–water partition coefficient (Wildman–Crippen LogP) is 2.11. The molecule has 2 aromatic carbocycles. The largest absolute Gasteiger partial charge is 0.488 e. The van der Waals surface area contributed by atoms with E-state index in [0.29, 0.717) is 31.7 Å². The van der Waals surface area contributed by atoms with Gasteiger partial charge in [0.1, 0.15) is 17.4 Å². The lowest BCUT2D eigenvalue weighted by Crippen LogP contribution is -2.41. The van der Waals surface area contributed by atoms with E-state index >= 15 is 0 Å². The van der Waals surface area contributed by atoms with E-state index in [4.69, 9.17) is 9.88 Å². The highest BCUT2D eigenvalue weighted by molar-refractivity contribution is 7.89. The number of nitrogens with zero attached hydrogens (tertiary/aromatic N) is 2. The lowest BCUT2D eigenvalue weighted by molar-refractivity contribution is 0.136. The zero-order valence-electron chi connectivity index (χ0n) is 16.0. The third kappa shape index (κ3) is 4.17. The molecular weight excluding hydrogens is 426 g/mol. The molecule has 1 aliphatic rings. The molecule has 0 bridgehead atoms. The van der Waals surface area contributed by atoms with Crippen molar-refractivity contribution in [1.82, 2.24) is 9.29 Å². The standard InChI is InChI=1S/C20H21N3O5S2/c21-29(24,25)17-6-8-18(9-7-17)30(26,27)23-13-10-16(11-14-23)28-19-5-1-3-15-4-2-12-22-20(15)19/h1-9,12,16H,10-11,13-14H2,(H2,21,24,25). The number of hydrogen-bond acceptors (Lipinski definition) is 6. The van der Waals surface area contributed by atoms with Crippen LogP contribution in [0.3, 0.4) is 0 Å². The number of pyridine rings is 1. The van der Waals surface area contributed by atoms with Crippen molar-refractivity contribution in [1.29, 1.82) is 0 Å². The highest BCUT2D eigenvalue weighted by atomic mass is 32.2. The van der Waals surface area contributed by atoms with Gasteiger partial charge in [-0.05, 0) is 49.2 Å². The van der Waals surface area contributed by atoms with Crippen LogP contribution in [0.15, 0.2) is 70.6 Å². The van der Waals surface area contributed by atoms with Crippen LogP contribution in [0.1, 0.15) is 12.8 Å². The Morgan fingerprint density at radius 2 is 1.53 bits per heavy atom. The Kier molecular flexibility index (Phi) is 5.49. The average Bonchev–Trinajstić information content (AvgIpc) is 2.74. The van der Waals surface area contributed by atoms with Crippen LogP contribution in [0, 0.1) is 0 Å². The molecule has 30 heavy (non-hydrogen) atoms. The summed E-state index contributed by atoms with van der Waals surface area (Å²) in [5.41, 5.74) is 0.782. The third-order valence-corrected chi connectivity index (χ3v) is 7.92. The molecule has 0 aliphatic carbocycles. The first kappa shape index (κ1) is 20.7. The molecule has 158 valence electrons. The number of hydrogen-bond donors (Lipinski definition) is 1. The normalized spacial score (nSPS) is 16.6. The summed E-state index contributed by atoms with van der Waals surface area (Å²) in [5.74, 6) is 0.688. The van der Waals surface area contributed by atoms with Crippen molar-refractivity contribution in [3.63, 3.8) is 0 Å². The fourth-order valence-corrected chi connectivity index (χ4v) is 5.48. The number of benzene rings is 2. The van der Waals surface area contributed by atoms with E-state index in [9.17, 15) is 16.8 Å². The van der Waals surface area contributed by atoms with Crippen molar-refractivity contribution in [2.24, 2.45) is 5.14 Å². The maximum Gasteiger partial charge on any atom is 0.243 e. The van der Waals surface area contributed by atoms with Gasteiger partial charge in [-0.15, -0.1) is 0 Å². The van der Waals surface area contributed by atoms with E-state index in [1.165, 1.54) is 28.6 Å². The molecule has 0 radical (unpaired) electrons. The SMILES string of the molecule is NS(=O)(=O)c1ccc(S(=O)(=O)N2CCC(Oc3cccc4cccnc34)CC2)cc1. The third-order valence-electron chi connectivity index (χ3n) is 5.08. The molecule has 0 saturated carbocycles. The Bertz CT molecular complexity index is 1260. The van der Waals surface area contributed by atoms with Gasteiger partial charge in [-0.25, -0.2) is 22.0 Å². The van der Waals surface area contributed by atoms with E-state index in [1.807, 2.05) is 30.3 Å². The van der Waals surface area contributed by atoms with Gasteiger partial charge in [-0.2, -0.15) is 4.31 Å². The van der Waals surface area contributed by atoms with Gasteiger partial charge in [-0.3, -0.25) is 4.98 Å². The summed E-state index contributed by atoms with van der Waals surface area (Å²) in [6, 6.07) is 14.5. The van der Waals surface area contributed by atoms with Crippen LogP contribution in [0.5, 0.6) is 5.75 Å². The van der Waals surface area contributed by atoms with Gasteiger partial charge in [0.2, 0.25) is 20.0 Å². The Morgan fingerprint density at radius 1 is 0.900 bits per heavy atom. The van der Waals surface area contributed by atoms with Crippen molar-refractivity contribution in [3.8, 4) is 5.75 Å².